The first-order valence-corrected chi connectivity index (χ1v) is 3.17. The predicted molar refractivity (Wildman–Crippen MR) is 40.5 cm³/mol. The number of aldehydes is 1. The highest BCUT2D eigenvalue weighted by Gasteiger charge is 2.13. The number of benzene rings is 1. The fraction of sp³-hybridized carbons (Fsp3) is 0. The lowest BCUT2D eigenvalue weighted by atomic mass is 10.1. The van der Waals surface area contributed by atoms with Gasteiger partial charge in [0.05, 0.1) is 0 Å². The van der Waals surface area contributed by atoms with Gasteiger partial charge in [-0.3, -0.25) is 4.79 Å². The Morgan fingerprint density at radius 2 is 2.08 bits per heavy atom. The van der Waals surface area contributed by atoms with Crippen LogP contribution in [0.25, 0.3) is 0 Å². The van der Waals surface area contributed by atoms with E-state index in [4.69, 9.17) is 10.2 Å². The highest BCUT2D eigenvalue weighted by molar-refractivity contribution is 5.99. The Morgan fingerprint density at radius 1 is 1.42 bits per heavy atom. The quantitative estimate of drug-likeness (QED) is 0.640. The Hall–Kier alpha value is -1.84. The molecule has 1 rings (SSSR count). The third kappa shape index (κ3) is 1.27. The molecule has 0 aliphatic rings. The summed E-state index contributed by atoms with van der Waals surface area (Å²) in [6.45, 7) is 0. The molecular formula is C8H6O4. The summed E-state index contributed by atoms with van der Waals surface area (Å²) >= 11 is 0. The lowest BCUT2D eigenvalue weighted by Crippen LogP contribution is -2.01. The summed E-state index contributed by atoms with van der Waals surface area (Å²) in [4.78, 5) is 20.8. The molecule has 0 atom stereocenters. The largest absolute Gasteiger partial charge is 0.507 e. The van der Waals surface area contributed by atoms with E-state index in [1.165, 1.54) is 18.2 Å². The average Bonchev–Trinajstić information content (AvgIpc) is 2.03. The first-order chi connectivity index (χ1) is 5.66. The van der Waals surface area contributed by atoms with Crippen LogP contribution in [0, 0.1) is 0 Å². The van der Waals surface area contributed by atoms with Gasteiger partial charge in [-0.15, -0.1) is 0 Å². The topological polar surface area (TPSA) is 74.6 Å². The van der Waals surface area contributed by atoms with E-state index in [1.54, 1.807) is 0 Å². The highest BCUT2D eigenvalue weighted by Crippen LogP contribution is 2.19. The van der Waals surface area contributed by atoms with E-state index >= 15 is 0 Å². The Bertz CT molecular complexity index is 330. The number of rotatable bonds is 2. The van der Waals surface area contributed by atoms with Crippen LogP contribution in [0.5, 0.6) is 5.75 Å². The van der Waals surface area contributed by atoms with Gasteiger partial charge in [0.15, 0.2) is 6.29 Å². The van der Waals surface area contributed by atoms with E-state index in [0.717, 1.165) is 0 Å². The summed E-state index contributed by atoms with van der Waals surface area (Å²) in [6.07, 6.45) is 0.392. The minimum absolute atomic E-state index is 0.0255. The Morgan fingerprint density at radius 3 is 2.50 bits per heavy atom. The lowest BCUT2D eigenvalue weighted by Gasteiger charge is -2.00. The van der Waals surface area contributed by atoms with Gasteiger partial charge in [0.25, 0.3) is 0 Å². The van der Waals surface area contributed by atoms with Crippen molar-refractivity contribution in [2.75, 3.05) is 0 Å². The molecule has 0 spiro atoms. The summed E-state index contributed by atoms with van der Waals surface area (Å²) in [5.74, 6) is -1.71. The molecule has 4 nitrogen and oxygen atoms in total. The van der Waals surface area contributed by atoms with Crippen LogP contribution < -0.4 is 0 Å². The number of carboxylic acids is 1. The Kier molecular flexibility index (Phi) is 2.09. The number of hydrogen-bond acceptors (Lipinski definition) is 3. The van der Waals surface area contributed by atoms with Crippen molar-refractivity contribution in [2.24, 2.45) is 0 Å². The van der Waals surface area contributed by atoms with Crippen molar-refractivity contribution in [3.05, 3.63) is 29.3 Å². The van der Waals surface area contributed by atoms with Crippen LogP contribution in [-0.4, -0.2) is 22.5 Å². The van der Waals surface area contributed by atoms with Crippen molar-refractivity contribution < 1.29 is 19.8 Å². The van der Waals surface area contributed by atoms with Gasteiger partial charge in [-0.2, -0.15) is 0 Å². The van der Waals surface area contributed by atoms with E-state index in [2.05, 4.69) is 0 Å². The number of hydrogen-bond donors (Lipinski definition) is 2. The van der Waals surface area contributed by atoms with E-state index in [1.807, 2.05) is 0 Å². The first-order valence-electron chi connectivity index (χ1n) is 3.17. The summed E-state index contributed by atoms with van der Waals surface area (Å²) in [6, 6.07) is 3.96. The van der Waals surface area contributed by atoms with Gasteiger partial charge >= 0.3 is 5.97 Å². The van der Waals surface area contributed by atoms with Crippen molar-refractivity contribution in [3.8, 4) is 5.75 Å². The zero-order chi connectivity index (χ0) is 9.14. The van der Waals surface area contributed by atoms with Crippen LogP contribution in [0.2, 0.25) is 0 Å². The van der Waals surface area contributed by atoms with Crippen molar-refractivity contribution >= 4 is 12.3 Å². The van der Waals surface area contributed by atoms with Gasteiger partial charge in [0, 0.05) is 5.56 Å². The van der Waals surface area contributed by atoms with Gasteiger partial charge in [-0.1, -0.05) is 12.1 Å². The summed E-state index contributed by atoms with van der Waals surface area (Å²) in [5.41, 5.74) is -0.380. The molecule has 0 saturated carbocycles. The molecule has 62 valence electrons. The second-order valence-electron chi connectivity index (χ2n) is 2.16. The molecule has 0 fully saturated rings. The zero-order valence-electron chi connectivity index (χ0n) is 6.02. The molecule has 0 aliphatic carbocycles. The standard InChI is InChI=1S/C8H6O4/c9-4-5-2-1-3-6(10)7(5)8(11)12/h1-4,10H,(H,11,12). The SMILES string of the molecule is O=Cc1cccc(O)c1C(=O)O. The molecule has 0 aromatic heterocycles. The molecule has 2 N–H and O–H groups in total. The highest BCUT2D eigenvalue weighted by atomic mass is 16.4. The van der Waals surface area contributed by atoms with Gasteiger partial charge in [0.1, 0.15) is 11.3 Å². The second-order valence-corrected chi connectivity index (χ2v) is 2.16. The summed E-state index contributed by atoms with van der Waals surface area (Å²) in [7, 11) is 0. The molecule has 1 aromatic rings. The van der Waals surface area contributed by atoms with Gasteiger partial charge in [-0.25, -0.2) is 4.79 Å². The van der Waals surface area contributed by atoms with E-state index in [9.17, 15) is 9.59 Å². The van der Waals surface area contributed by atoms with Gasteiger partial charge in [-0.05, 0) is 6.07 Å². The fourth-order valence-corrected chi connectivity index (χ4v) is 0.889. The molecule has 0 heterocycles. The molecular weight excluding hydrogens is 160 g/mol. The molecule has 0 unspecified atom stereocenters. The fourth-order valence-electron chi connectivity index (χ4n) is 0.889. The molecule has 0 radical (unpaired) electrons. The minimum Gasteiger partial charge on any atom is -0.507 e. The van der Waals surface area contributed by atoms with Crippen LogP contribution >= 0.6 is 0 Å². The normalized spacial score (nSPS) is 9.33. The molecule has 1 aromatic carbocycles. The number of aromatic carboxylic acids is 1. The molecule has 4 heteroatoms. The first kappa shape index (κ1) is 8.26. The number of carbonyl (C=O) groups is 2. The zero-order valence-corrected chi connectivity index (χ0v) is 6.02. The molecule has 0 aliphatic heterocycles. The average molecular weight is 166 g/mol. The number of carbonyl (C=O) groups excluding carboxylic acids is 1. The minimum atomic E-state index is -1.31. The van der Waals surface area contributed by atoms with Crippen LogP contribution in [-0.2, 0) is 0 Å². The number of carboxylic acid groups (broad SMARTS) is 1. The maximum absolute atomic E-state index is 10.5. The maximum Gasteiger partial charge on any atom is 0.340 e. The van der Waals surface area contributed by atoms with Crippen LogP contribution in [0.3, 0.4) is 0 Å². The molecule has 0 amide bonds. The monoisotopic (exact) mass is 166 g/mol. The second kappa shape index (κ2) is 3.04. The number of phenols is 1. The maximum atomic E-state index is 10.5. The van der Waals surface area contributed by atoms with Gasteiger partial charge in [0.2, 0.25) is 0 Å². The summed E-state index contributed by atoms with van der Waals surface area (Å²) in [5, 5.41) is 17.6. The number of aromatic hydroxyl groups is 1. The third-order valence-corrected chi connectivity index (χ3v) is 1.42. The van der Waals surface area contributed by atoms with Crippen molar-refractivity contribution in [3.63, 3.8) is 0 Å². The summed E-state index contributed by atoms with van der Waals surface area (Å²) < 4.78 is 0. The van der Waals surface area contributed by atoms with Crippen LogP contribution in [0.1, 0.15) is 20.7 Å². The molecule has 0 saturated heterocycles. The van der Waals surface area contributed by atoms with E-state index in [0.29, 0.717) is 6.29 Å². The third-order valence-electron chi connectivity index (χ3n) is 1.42. The molecule has 0 bridgehead atoms. The van der Waals surface area contributed by atoms with Crippen LogP contribution in [0.4, 0.5) is 0 Å². The van der Waals surface area contributed by atoms with Crippen molar-refractivity contribution in [1.82, 2.24) is 0 Å². The Labute approximate surface area is 68.1 Å². The Balaban J connectivity index is 3.39. The molecule has 12 heavy (non-hydrogen) atoms. The van der Waals surface area contributed by atoms with Crippen LogP contribution in [0.15, 0.2) is 18.2 Å². The lowest BCUT2D eigenvalue weighted by molar-refractivity contribution is 0.0690. The van der Waals surface area contributed by atoms with Crippen molar-refractivity contribution in [1.29, 1.82) is 0 Å². The van der Waals surface area contributed by atoms with E-state index < -0.39 is 11.7 Å². The van der Waals surface area contributed by atoms with E-state index in [-0.39, 0.29) is 11.1 Å². The predicted octanol–water partition coefficient (Wildman–Crippen LogP) is 0.903. The van der Waals surface area contributed by atoms with Crippen molar-refractivity contribution in [2.45, 2.75) is 0 Å². The smallest absolute Gasteiger partial charge is 0.340 e. The van der Waals surface area contributed by atoms with Gasteiger partial charge < -0.3 is 10.2 Å².